The highest BCUT2D eigenvalue weighted by Gasteiger charge is 2.06. The molecule has 19 heavy (non-hydrogen) atoms. The fourth-order valence-corrected chi connectivity index (χ4v) is 2.34. The molecule has 0 heterocycles. The maximum atomic E-state index is 9.22. The van der Waals surface area contributed by atoms with E-state index >= 15 is 0 Å². The van der Waals surface area contributed by atoms with Crippen LogP contribution in [-0.4, -0.2) is 24.4 Å². The summed E-state index contributed by atoms with van der Waals surface area (Å²) in [6.07, 6.45) is 15.4. The third-order valence-corrected chi connectivity index (χ3v) is 3.68. The molecule has 0 saturated carbocycles. The molecule has 116 valence electrons. The molecule has 2 nitrogen and oxygen atoms in total. The Kier molecular flexibility index (Phi) is 15.9. The van der Waals surface area contributed by atoms with Crippen LogP contribution in [-0.2, 0) is 4.74 Å². The minimum absolute atomic E-state index is 0.0797. The fourth-order valence-electron chi connectivity index (χ4n) is 2.34. The van der Waals surface area contributed by atoms with E-state index in [0.717, 1.165) is 19.4 Å². The van der Waals surface area contributed by atoms with Gasteiger partial charge >= 0.3 is 0 Å². The van der Waals surface area contributed by atoms with Gasteiger partial charge in [-0.05, 0) is 12.8 Å². The first-order chi connectivity index (χ1) is 9.35. The van der Waals surface area contributed by atoms with Crippen LogP contribution in [0, 0.1) is 0 Å². The van der Waals surface area contributed by atoms with Gasteiger partial charge in [0.25, 0.3) is 0 Å². The summed E-state index contributed by atoms with van der Waals surface area (Å²) >= 11 is 0. The number of ether oxygens (including phenoxy) is 1. The molecule has 0 aromatic heterocycles. The molecule has 0 radical (unpaired) electrons. The Bertz CT molecular complexity index is 159. The highest BCUT2D eigenvalue weighted by Crippen LogP contribution is 2.10. The Morgan fingerprint density at radius 3 is 1.84 bits per heavy atom. The summed E-state index contributed by atoms with van der Waals surface area (Å²) in [6.45, 7) is 5.47. The van der Waals surface area contributed by atoms with Gasteiger partial charge in [-0.15, -0.1) is 0 Å². The van der Waals surface area contributed by atoms with E-state index in [2.05, 4.69) is 13.8 Å². The highest BCUT2D eigenvalue weighted by molar-refractivity contribution is 4.56. The third kappa shape index (κ3) is 14.1. The van der Waals surface area contributed by atoms with Crippen LogP contribution in [0.4, 0.5) is 0 Å². The first-order valence-electron chi connectivity index (χ1n) is 8.57. The van der Waals surface area contributed by atoms with Gasteiger partial charge in [-0.2, -0.15) is 0 Å². The van der Waals surface area contributed by atoms with E-state index in [4.69, 9.17) is 4.74 Å². The molecule has 0 aliphatic heterocycles. The van der Waals surface area contributed by atoms with Crippen molar-refractivity contribution in [3.63, 3.8) is 0 Å². The maximum absolute atomic E-state index is 9.22. The zero-order chi connectivity index (χ0) is 14.2. The van der Waals surface area contributed by atoms with Crippen LogP contribution in [0.5, 0.6) is 0 Å². The zero-order valence-electron chi connectivity index (χ0n) is 13.3. The van der Waals surface area contributed by atoms with Crippen LogP contribution in [0.1, 0.15) is 90.9 Å². The van der Waals surface area contributed by atoms with Gasteiger partial charge in [-0.1, -0.05) is 78.1 Å². The molecule has 1 atom stereocenters. The van der Waals surface area contributed by atoms with Gasteiger partial charge in [0.1, 0.15) is 0 Å². The average Bonchev–Trinajstić information content (AvgIpc) is 2.43. The van der Waals surface area contributed by atoms with E-state index < -0.39 is 0 Å². The SMILES string of the molecule is CCCCCCCCCCOC(CO)CCCCC. The van der Waals surface area contributed by atoms with E-state index in [1.165, 1.54) is 64.2 Å². The lowest BCUT2D eigenvalue weighted by atomic mass is 10.1. The smallest absolute Gasteiger partial charge is 0.0805 e. The molecule has 0 aliphatic rings. The van der Waals surface area contributed by atoms with Gasteiger partial charge in [0.2, 0.25) is 0 Å². The van der Waals surface area contributed by atoms with Crippen molar-refractivity contribution < 1.29 is 9.84 Å². The van der Waals surface area contributed by atoms with Crippen molar-refractivity contribution in [3.05, 3.63) is 0 Å². The topological polar surface area (TPSA) is 29.5 Å². The molecule has 0 amide bonds. The highest BCUT2D eigenvalue weighted by atomic mass is 16.5. The number of aliphatic hydroxyl groups is 1. The van der Waals surface area contributed by atoms with Crippen molar-refractivity contribution in [1.82, 2.24) is 0 Å². The second kappa shape index (κ2) is 16.0. The lowest BCUT2D eigenvalue weighted by Gasteiger charge is -2.15. The zero-order valence-corrected chi connectivity index (χ0v) is 13.3. The Labute approximate surface area is 120 Å². The summed E-state index contributed by atoms with van der Waals surface area (Å²) in [5.74, 6) is 0. The predicted octanol–water partition coefficient (Wildman–Crippen LogP) is 5.08. The molecule has 0 aromatic rings. The van der Waals surface area contributed by atoms with Gasteiger partial charge in [-0.25, -0.2) is 0 Å². The molecule has 1 unspecified atom stereocenters. The molecule has 2 heteroatoms. The molecular formula is C17H36O2. The van der Waals surface area contributed by atoms with Crippen LogP contribution in [0.3, 0.4) is 0 Å². The normalized spacial score (nSPS) is 12.8. The fraction of sp³-hybridized carbons (Fsp3) is 1.00. The van der Waals surface area contributed by atoms with Crippen LogP contribution in [0.2, 0.25) is 0 Å². The van der Waals surface area contributed by atoms with Crippen LogP contribution >= 0.6 is 0 Å². The number of unbranched alkanes of at least 4 members (excludes halogenated alkanes) is 9. The van der Waals surface area contributed by atoms with E-state index in [-0.39, 0.29) is 12.7 Å². The van der Waals surface area contributed by atoms with Gasteiger partial charge < -0.3 is 9.84 Å². The Morgan fingerprint density at radius 1 is 0.737 bits per heavy atom. The van der Waals surface area contributed by atoms with Crippen LogP contribution in [0.15, 0.2) is 0 Å². The Hall–Kier alpha value is -0.0800. The van der Waals surface area contributed by atoms with Crippen molar-refractivity contribution in [3.8, 4) is 0 Å². The van der Waals surface area contributed by atoms with Crippen molar-refractivity contribution in [2.24, 2.45) is 0 Å². The van der Waals surface area contributed by atoms with Gasteiger partial charge in [0, 0.05) is 6.61 Å². The van der Waals surface area contributed by atoms with E-state index in [9.17, 15) is 5.11 Å². The largest absolute Gasteiger partial charge is 0.394 e. The van der Waals surface area contributed by atoms with Crippen molar-refractivity contribution in [2.75, 3.05) is 13.2 Å². The molecule has 0 saturated heterocycles. The summed E-state index contributed by atoms with van der Waals surface area (Å²) < 4.78 is 5.73. The number of aliphatic hydroxyl groups excluding tert-OH is 1. The first kappa shape index (κ1) is 18.9. The molecule has 1 N–H and O–H groups in total. The minimum Gasteiger partial charge on any atom is -0.394 e. The molecule has 0 bridgehead atoms. The molecule has 0 rings (SSSR count). The van der Waals surface area contributed by atoms with Crippen molar-refractivity contribution in [2.45, 2.75) is 97.0 Å². The molecule has 0 aromatic carbocycles. The second-order valence-corrected chi connectivity index (χ2v) is 5.65. The average molecular weight is 272 g/mol. The molecule has 0 spiro atoms. The number of rotatable bonds is 15. The van der Waals surface area contributed by atoms with Crippen LogP contribution in [0.25, 0.3) is 0 Å². The standard InChI is InChI=1S/C17H36O2/c1-3-5-7-8-9-10-11-13-15-19-17(16-18)14-12-6-4-2/h17-18H,3-16H2,1-2H3. The third-order valence-electron chi connectivity index (χ3n) is 3.68. The predicted molar refractivity (Wildman–Crippen MR) is 83.6 cm³/mol. The Balaban J connectivity index is 3.21. The van der Waals surface area contributed by atoms with Gasteiger partial charge in [0.15, 0.2) is 0 Å². The molecular weight excluding hydrogens is 236 g/mol. The maximum Gasteiger partial charge on any atom is 0.0805 e. The summed E-state index contributed by atoms with van der Waals surface area (Å²) in [5, 5.41) is 9.22. The van der Waals surface area contributed by atoms with Gasteiger partial charge in [0.05, 0.1) is 12.7 Å². The Morgan fingerprint density at radius 2 is 1.26 bits per heavy atom. The monoisotopic (exact) mass is 272 g/mol. The van der Waals surface area contributed by atoms with Gasteiger partial charge in [-0.3, -0.25) is 0 Å². The summed E-state index contributed by atoms with van der Waals surface area (Å²) in [5.41, 5.74) is 0. The van der Waals surface area contributed by atoms with E-state index in [0.29, 0.717) is 0 Å². The van der Waals surface area contributed by atoms with Crippen LogP contribution < -0.4 is 0 Å². The van der Waals surface area contributed by atoms with E-state index in [1.807, 2.05) is 0 Å². The first-order valence-corrected chi connectivity index (χ1v) is 8.57. The number of hydrogen-bond donors (Lipinski definition) is 1. The quantitative estimate of drug-likeness (QED) is 0.421. The summed E-state index contributed by atoms with van der Waals surface area (Å²) in [4.78, 5) is 0. The minimum atomic E-state index is 0.0797. The second-order valence-electron chi connectivity index (χ2n) is 5.65. The van der Waals surface area contributed by atoms with Crippen molar-refractivity contribution >= 4 is 0 Å². The molecule has 0 fully saturated rings. The van der Waals surface area contributed by atoms with E-state index in [1.54, 1.807) is 0 Å². The lowest BCUT2D eigenvalue weighted by molar-refractivity contribution is 0.00504. The molecule has 0 aliphatic carbocycles. The lowest BCUT2D eigenvalue weighted by Crippen LogP contribution is -2.18. The summed E-state index contributed by atoms with van der Waals surface area (Å²) in [7, 11) is 0. The number of hydrogen-bond acceptors (Lipinski definition) is 2. The van der Waals surface area contributed by atoms with Crippen molar-refractivity contribution in [1.29, 1.82) is 0 Å². The summed E-state index contributed by atoms with van der Waals surface area (Å²) in [6, 6.07) is 0.